The van der Waals surface area contributed by atoms with Crippen molar-refractivity contribution in [3.63, 3.8) is 0 Å². The largest absolute Gasteiger partial charge is 0.481 e. The first-order chi connectivity index (χ1) is 10.8. The molecular weight excluding hydrogens is 324 g/mol. The SMILES string of the molecule is CCS(=O)(=O)N1CCN(C(=O)c2ccnn2CCC(=O)O)CC1. The van der Waals surface area contributed by atoms with Gasteiger partial charge in [-0.1, -0.05) is 0 Å². The van der Waals surface area contributed by atoms with Crippen molar-refractivity contribution in [1.29, 1.82) is 0 Å². The Bertz CT molecular complexity index is 676. The molecule has 1 saturated heterocycles. The zero-order valence-corrected chi connectivity index (χ0v) is 13.7. The molecule has 0 radical (unpaired) electrons. The van der Waals surface area contributed by atoms with E-state index in [1.54, 1.807) is 17.9 Å². The van der Waals surface area contributed by atoms with Crippen LogP contribution in [0.5, 0.6) is 0 Å². The average molecular weight is 344 g/mol. The maximum absolute atomic E-state index is 12.5. The van der Waals surface area contributed by atoms with Crippen molar-refractivity contribution in [2.45, 2.75) is 19.9 Å². The number of aliphatic carboxylic acids is 1. The highest BCUT2D eigenvalue weighted by molar-refractivity contribution is 7.89. The topological polar surface area (TPSA) is 113 Å². The molecule has 0 aliphatic carbocycles. The molecular formula is C13H20N4O5S. The predicted octanol–water partition coefficient (Wildman–Crippen LogP) is -0.535. The number of amides is 1. The van der Waals surface area contributed by atoms with Crippen LogP contribution < -0.4 is 0 Å². The number of carboxylic acid groups (broad SMARTS) is 1. The number of nitrogens with zero attached hydrogens (tertiary/aromatic N) is 4. The van der Waals surface area contributed by atoms with Crippen molar-refractivity contribution < 1.29 is 23.1 Å². The molecule has 2 heterocycles. The second-order valence-electron chi connectivity index (χ2n) is 5.18. The van der Waals surface area contributed by atoms with Gasteiger partial charge in [-0.3, -0.25) is 14.3 Å². The molecule has 128 valence electrons. The van der Waals surface area contributed by atoms with E-state index in [1.807, 2.05) is 0 Å². The molecule has 10 heteroatoms. The summed E-state index contributed by atoms with van der Waals surface area (Å²) in [5, 5.41) is 12.7. The van der Waals surface area contributed by atoms with Crippen molar-refractivity contribution in [2.75, 3.05) is 31.9 Å². The molecule has 0 aromatic carbocycles. The Balaban J connectivity index is 2.01. The highest BCUT2D eigenvalue weighted by atomic mass is 32.2. The van der Waals surface area contributed by atoms with Gasteiger partial charge in [0.05, 0.1) is 18.7 Å². The number of hydrogen-bond acceptors (Lipinski definition) is 5. The van der Waals surface area contributed by atoms with Crippen LogP contribution in [0.1, 0.15) is 23.8 Å². The van der Waals surface area contributed by atoms with Gasteiger partial charge in [0.25, 0.3) is 5.91 Å². The highest BCUT2D eigenvalue weighted by Crippen LogP contribution is 2.12. The fourth-order valence-corrected chi connectivity index (χ4v) is 3.49. The summed E-state index contributed by atoms with van der Waals surface area (Å²) in [5.41, 5.74) is 0.318. The number of carbonyl (C=O) groups is 2. The van der Waals surface area contributed by atoms with Crippen LogP contribution in [0.4, 0.5) is 0 Å². The van der Waals surface area contributed by atoms with Crippen LogP contribution in [-0.2, 0) is 21.4 Å². The number of carbonyl (C=O) groups excluding carboxylic acids is 1. The number of aromatic nitrogens is 2. The Morgan fingerprint density at radius 3 is 2.48 bits per heavy atom. The van der Waals surface area contributed by atoms with Crippen LogP contribution in [0.2, 0.25) is 0 Å². The highest BCUT2D eigenvalue weighted by Gasteiger charge is 2.29. The van der Waals surface area contributed by atoms with E-state index in [4.69, 9.17) is 5.11 Å². The van der Waals surface area contributed by atoms with Crippen LogP contribution >= 0.6 is 0 Å². The van der Waals surface area contributed by atoms with Crippen LogP contribution in [-0.4, -0.2) is 76.3 Å². The monoisotopic (exact) mass is 344 g/mol. The molecule has 0 spiro atoms. The van der Waals surface area contributed by atoms with Crippen molar-refractivity contribution in [3.8, 4) is 0 Å². The number of carboxylic acids is 1. The summed E-state index contributed by atoms with van der Waals surface area (Å²) < 4.78 is 26.4. The lowest BCUT2D eigenvalue weighted by Crippen LogP contribution is -2.51. The first kappa shape index (κ1) is 17.4. The van der Waals surface area contributed by atoms with E-state index in [1.165, 1.54) is 15.2 Å². The maximum Gasteiger partial charge on any atom is 0.305 e. The van der Waals surface area contributed by atoms with E-state index in [-0.39, 0.29) is 37.7 Å². The molecule has 1 aliphatic heterocycles. The average Bonchev–Trinajstić information content (AvgIpc) is 3.00. The summed E-state index contributed by atoms with van der Waals surface area (Å²) in [7, 11) is -3.24. The number of piperazine rings is 1. The molecule has 0 bridgehead atoms. The summed E-state index contributed by atoms with van der Waals surface area (Å²) in [6.07, 6.45) is 1.33. The van der Waals surface area contributed by atoms with Crippen molar-refractivity contribution >= 4 is 21.9 Å². The molecule has 1 fully saturated rings. The molecule has 1 aromatic heterocycles. The molecule has 0 saturated carbocycles. The Kier molecular flexibility index (Phi) is 5.37. The second-order valence-corrected chi connectivity index (χ2v) is 7.43. The minimum absolute atomic E-state index is 0.0445. The Morgan fingerprint density at radius 1 is 1.26 bits per heavy atom. The number of aryl methyl sites for hydroxylation is 1. The fraction of sp³-hybridized carbons (Fsp3) is 0.615. The van der Waals surface area contributed by atoms with Gasteiger partial charge in [0.2, 0.25) is 10.0 Å². The van der Waals surface area contributed by atoms with Gasteiger partial charge in [-0.2, -0.15) is 9.40 Å². The number of sulfonamides is 1. The third-order valence-electron chi connectivity index (χ3n) is 3.76. The minimum Gasteiger partial charge on any atom is -0.481 e. The quantitative estimate of drug-likeness (QED) is 0.742. The Hall–Kier alpha value is -1.94. The van der Waals surface area contributed by atoms with E-state index in [9.17, 15) is 18.0 Å². The molecule has 1 aromatic rings. The molecule has 0 unspecified atom stereocenters. The van der Waals surface area contributed by atoms with Gasteiger partial charge in [0.1, 0.15) is 5.69 Å². The van der Waals surface area contributed by atoms with Crippen LogP contribution in [0.3, 0.4) is 0 Å². The predicted molar refractivity (Wildman–Crippen MR) is 81.4 cm³/mol. The van der Waals surface area contributed by atoms with Crippen molar-refractivity contribution in [2.24, 2.45) is 0 Å². The van der Waals surface area contributed by atoms with E-state index in [0.29, 0.717) is 18.8 Å². The maximum atomic E-state index is 12.5. The molecule has 1 amide bonds. The molecule has 23 heavy (non-hydrogen) atoms. The lowest BCUT2D eigenvalue weighted by molar-refractivity contribution is -0.137. The van der Waals surface area contributed by atoms with Gasteiger partial charge < -0.3 is 10.0 Å². The van der Waals surface area contributed by atoms with Gasteiger partial charge in [0, 0.05) is 32.4 Å². The Labute approximate surface area is 134 Å². The molecule has 9 nitrogen and oxygen atoms in total. The molecule has 2 rings (SSSR count). The summed E-state index contributed by atoms with van der Waals surface area (Å²) in [6.45, 7) is 2.86. The van der Waals surface area contributed by atoms with Crippen LogP contribution in [0.25, 0.3) is 0 Å². The summed E-state index contributed by atoms with van der Waals surface area (Å²) in [6, 6.07) is 1.54. The zero-order valence-electron chi connectivity index (χ0n) is 12.9. The fourth-order valence-electron chi connectivity index (χ4n) is 2.41. The number of hydrogen-bond donors (Lipinski definition) is 1. The number of rotatable bonds is 6. The molecule has 1 N–H and O–H groups in total. The summed E-state index contributed by atoms with van der Waals surface area (Å²) in [5.74, 6) is -1.18. The van der Waals surface area contributed by atoms with Gasteiger partial charge >= 0.3 is 5.97 Å². The molecule has 1 aliphatic rings. The van der Waals surface area contributed by atoms with E-state index < -0.39 is 16.0 Å². The van der Waals surface area contributed by atoms with E-state index in [0.717, 1.165) is 0 Å². The lowest BCUT2D eigenvalue weighted by atomic mass is 10.3. The summed E-state index contributed by atoms with van der Waals surface area (Å²) in [4.78, 5) is 24.7. The minimum atomic E-state index is -3.24. The first-order valence-electron chi connectivity index (χ1n) is 7.36. The second kappa shape index (κ2) is 7.09. The van der Waals surface area contributed by atoms with Gasteiger partial charge in [-0.25, -0.2) is 8.42 Å². The van der Waals surface area contributed by atoms with Crippen molar-refractivity contribution in [1.82, 2.24) is 19.0 Å². The van der Waals surface area contributed by atoms with Crippen molar-refractivity contribution in [3.05, 3.63) is 18.0 Å². The third-order valence-corrected chi connectivity index (χ3v) is 5.64. The van der Waals surface area contributed by atoms with Gasteiger partial charge in [-0.15, -0.1) is 0 Å². The van der Waals surface area contributed by atoms with Gasteiger partial charge in [-0.05, 0) is 13.0 Å². The standard InChI is InChI=1S/C13H20N4O5S/c1-2-23(21,22)16-9-7-15(8-10-16)13(20)11-3-5-14-17(11)6-4-12(18)19/h3,5H,2,4,6-10H2,1H3,(H,18,19). The molecule has 0 atom stereocenters. The van der Waals surface area contributed by atoms with E-state index >= 15 is 0 Å². The lowest BCUT2D eigenvalue weighted by Gasteiger charge is -2.33. The van der Waals surface area contributed by atoms with Crippen LogP contribution in [0, 0.1) is 0 Å². The Morgan fingerprint density at radius 2 is 1.91 bits per heavy atom. The smallest absolute Gasteiger partial charge is 0.305 e. The van der Waals surface area contributed by atoms with Crippen LogP contribution in [0.15, 0.2) is 12.3 Å². The summed E-state index contributed by atoms with van der Waals surface area (Å²) >= 11 is 0. The van der Waals surface area contributed by atoms with E-state index in [2.05, 4.69) is 5.10 Å². The normalized spacial score (nSPS) is 16.5. The first-order valence-corrected chi connectivity index (χ1v) is 8.96. The van der Waals surface area contributed by atoms with Gasteiger partial charge in [0.15, 0.2) is 0 Å². The zero-order chi connectivity index (χ0) is 17.0. The third kappa shape index (κ3) is 4.08.